The maximum absolute atomic E-state index is 12.0. The number of hydrogen-bond donors (Lipinski definition) is 2. The number of anilines is 1. The zero-order valence-corrected chi connectivity index (χ0v) is 13.6. The van der Waals surface area contributed by atoms with Crippen LogP contribution < -0.4 is 11.1 Å². The Bertz CT molecular complexity index is 604. The van der Waals surface area contributed by atoms with E-state index in [0.29, 0.717) is 5.02 Å². The van der Waals surface area contributed by atoms with Gasteiger partial charge in [0.1, 0.15) is 0 Å². The number of nitrogens with one attached hydrogen (secondary N) is 1. The summed E-state index contributed by atoms with van der Waals surface area (Å²) in [6.45, 7) is 0. The van der Waals surface area contributed by atoms with Gasteiger partial charge in [-0.25, -0.2) is 0 Å². The minimum absolute atomic E-state index is 0.110. The molecule has 0 aliphatic rings. The van der Waals surface area contributed by atoms with Crippen LogP contribution in [-0.4, -0.2) is 5.91 Å². The highest BCUT2D eigenvalue weighted by Crippen LogP contribution is 2.23. The minimum Gasteiger partial charge on any atom is -0.325 e. The standard InChI is InChI=1S/C15H14ClIN2O/c16-11-6-7-14(12(17)8-11)19-15(20)9-13(18)10-4-2-1-3-5-10/h1-8,13H,9,18H2,(H,19,20). The molecule has 1 unspecified atom stereocenters. The van der Waals surface area contributed by atoms with Crippen LogP contribution in [0, 0.1) is 3.57 Å². The first kappa shape index (κ1) is 15.3. The van der Waals surface area contributed by atoms with Crippen molar-refractivity contribution < 1.29 is 4.79 Å². The number of nitrogens with two attached hydrogens (primary N) is 1. The van der Waals surface area contributed by atoms with Crippen LogP contribution in [-0.2, 0) is 4.79 Å². The predicted molar refractivity (Wildman–Crippen MR) is 90.8 cm³/mol. The predicted octanol–water partition coefficient (Wildman–Crippen LogP) is 3.97. The zero-order chi connectivity index (χ0) is 14.5. The van der Waals surface area contributed by atoms with E-state index in [4.69, 9.17) is 17.3 Å². The van der Waals surface area contributed by atoms with Gasteiger partial charge < -0.3 is 11.1 Å². The average molecular weight is 401 g/mol. The molecule has 0 saturated heterocycles. The fourth-order valence-electron chi connectivity index (χ4n) is 1.81. The van der Waals surface area contributed by atoms with E-state index in [1.807, 2.05) is 30.3 Å². The van der Waals surface area contributed by atoms with E-state index in [2.05, 4.69) is 27.9 Å². The van der Waals surface area contributed by atoms with Crippen molar-refractivity contribution in [2.75, 3.05) is 5.32 Å². The minimum atomic E-state index is -0.304. The molecule has 0 aliphatic carbocycles. The third-order valence-electron chi connectivity index (χ3n) is 2.84. The second-order valence-electron chi connectivity index (χ2n) is 4.39. The molecule has 3 nitrogen and oxygen atoms in total. The normalized spacial score (nSPS) is 11.9. The van der Waals surface area contributed by atoms with Gasteiger partial charge in [0, 0.05) is 21.1 Å². The van der Waals surface area contributed by atoms with Crippen molar-refractivity contribution >= 4 is 45.8 Å². The summed E-state index contributed by atoms with van der Waals surface area (Å²) in [5, 5.41) is 3.50. The van der Waals surface area contributed by atoms with Crippen molar-refractivity contribution in [2.45, 2.75) is 12.5 Å². The summed E-state index contributed by atoms with van der Waals surface area (Å²) in [5.74, 6) is -0.110. The Morgan fingerprint density at radius 2 is 1.95 bits per heavy atom. The number of carbonyl (C=O) groups excluding carboxylic acids is 1. The van der Waals surface area contributed by atoms with Crippen molar-refractivity contribution in [1.29, 1.82) is 0 Å². The van der Waals surface area contributed by atoms with Crippen LogP contribution in [0.15, 0.2) is 48.5 Å². The van der Waals surface area contributed by atoms with Crippen molar-refractivity contribution in [3.63, 3.8) is 0 Å². The fraction of sp³-hybridized carbons (Fsp3) is 0.133. The van der Waals surface area contributed by atoms with Crippen molar-refractivity contribution in [3.05, 3.63) is 62.7 Å². The first-order chi connectivity index (χ1) is 9.56. The summed E-state index contributed by atoms with van der Waals surface area (Å²) < 4.78 is 0.900. The Kier molecular flexibility index (Phi) is 5.39. The van der Waals surface area contributed by atoms with Crippen molar-refractivity contribution in [1.82, 2.24) is 0 Å². The van der Waals surface area contributed by atoms with Crippen LogP contribution in [0.3, 0.4) is 0 Å². The Labute approximate surface area is 136 Å². The Morgan fingerprint density at radius 3 is 2.60 bits per heavy atom. The summed E-state index contributed by atoms with van der Waals surface area (Å²) in [5.41, 5.74) is 7.73. The Hall–Kier alpha value is -1.11. The molecule has 5 heteroatoms. The van der Waals surface area contributed by atoms with Gasteiger partial charge >= 0.3 is 0 Å². The zero-order valence-electron chi connectivity index (χ0n) is 10.6. The summed E-state index contributed by atoms with van der Waals surface area (Å²) in [7, 11) is 0. The molecule has 0 aliphatic heterocycles. The van der Waals surface area contributed by atoms with Gasteiger partial charge in [0.25, 0.3) is 0 Å². The van der Waals surface area contributed by atoms with Crippen LogP contribution in [0.5, 0.6) is 0 Å². The SMILES string of the molecule is NC(CC(=O)Nc1ccc(Cl)cc1I)c1ccccc1. The lowest BCUT2D eigenvalue weighted by Crippen LogP contribution is -2.20. The Balaban J connectivity index is 1.99. The fourth-order valence-corrected chi connectivity index (χ4v) is 2.82. The van der Waals surface area contributed by atoms with E-state index >= 15 is 0 Å². The van der Waals surface area contributed by atoms with Crippen LogP contribution in [0.2, 0.25) is 5.02 Å². The van der Waals surface area contributed by atoms with E-state index in [1.165, 1.54) is 0 Å². The summed E-state index contributed by atoms with van der Waals surface area (Å²) in [6, 6.07) is 14.6. The second kappa shape index (κ2) is 7.06. The first-order valence-electron chi connectivity index (χ1n) is 6.11. The molecular formula is C15H14ClIN2O. The largest absolute Gasteiger partial charge is 0.325 e. The molecule has 2 rings (SSSR count). The number of hydrogen-bond acceptors (Lipinski definition) is 2. The van der Waals surface area contributed by atoms with Gasteiger partial charge in [-0.15, -0.1) is 0 Å². The van der Waals surface area contributed by atoms with Crippen LogP contribution in [0.4, 0.5) is 5.69 Å². The molecule has 1 amide bonds. The summed E-state index contributed by atoms with van der Waals surface area (Å²) in [6.07, 6.45) is 0.239. The molecular weight excluding hydrogens is 387 g/mol. The number of amides is 1. The number of rotatable bonds is 4. The highest BCUT2D eigenvalue weighted by Gasteiger charge is 2.12. The van der Waals surface area contributed by atoms with Crippen LogP contribution in [0.1, 0.15) is 18.0 Å². The van der Waals surface area contributed by atoms with Gasteiger partial charge in [0.2, 0.25) is 5.91 Å². The maximum atomic E-state index is 12.0. The van der Waals surface area contributed by atoms with Gasteiger partial charge in [-0.05, 0) is 46.4 Å². The first-order valence-corrected chi connectivity index (χ1v) is 7.57. The lowest BCUT2D eigenvalue weighted by atomic mass is 10.0. The highest BCUT2D eigenvalue weighted by atomic mass is 127. The molecule has 0 saturated carbocycles. The van der Waals surface area contributed by atoms with Gasteiger partial charge in [0.15, 0.2) is 0 Å². The topological polar surface area (TPSA) is 55.1 Å². The lowest BCUT2D eigenvalue weighted by Gasteiger charge is -2.13. The molecule has 3 N–H and O–H groups in total. The van der Waals surface area contributed by atoms with E-state index in [9.17, 15) is 4.79 Å². The molecule has 2 aromatic carbocycles. The lowest BCUT2D eigenvalue weighted by molar-refractivity contribution is -0.116. The molecule has 1 atom stereocenters. The smallest absolute Gasteiger partial charge is 0.226 e. The highest BCUT2D eigenvalue weighted by molar-refractivity contribution is 14.1. The molecule has 0 fully saturated rings. The molecule has 0 spiro atoms. The van der Waals surface area contributed by atoms with Crippen molar-refractivity contribution in [2.24, 2.45) is 5.73 Å². The second-order valence-corrected chi connectivity index (χ2v) is 5.99. The Morgan fingerprint density at radius 1 is 1.25 bits per heavy atom. The van der Waals surface area contributed by atoms with Gasteiger partial charge in [-0.2, -0.15) is 0 Å². The quantitative estimate of drug-likeness (QED) is 0.763. The van der Waals surface area contributed by atoms with Crippen LogP contribution >= 0.6 is 34.2 Å². The molecule has 0 radical (unpaired) electrons. The molecule has 20 heavy (non-hydrogen) atoms. The van der Waals surface area contributed by atoms with Crippen molar-refractivity contribution in [3.8, 4) is 0 Å². The molecule has 2 aromatic rings. The molecule has 0 aromatic heterocycles. The molecule has 104 valence electrons. The van der Waals surface area contributed by atoms with E-state index in [0.717, 1.165) is 14.8 Å². The number of carbonyl (C=O) groups is 1. The number of halogens is 2. The van der Waals surface area contributed by atoms with Gasteiger partial charge in [0.05, 0.1) is 5.69 Å². The maximum Gasteiger partial charge on any atom is 0.226 e. The van der Waals surface area contributed by atoms with Crippen LogP contribution in [0.25, 0.3) is 0 Å². The third kappa shape index (κ3) is 4.19. The molecule has 0 bridgehead atoms. The average Bonchev–Trinajstić information content (AvgIpc) is 2.43. The number of benzene rings is 2. The monoisotopic (exact) mass is 400 g/mol. The van der Waals surface area contributed by atoms with E-state index in [1.54, 1.807) is 18.2 Å². The van der Waals surface area contributed by atoms with E-state index in [-0.39, 0.29) is 18.4 Å². The molecule has 0 heterocycles. The summed E-state index contributed by atoms with van der Waals surface area (Å²) >= 11 is 8.01. The summed E-state index contributed by atoms with van der Waals surface area (Å²) in [4.78, 5) is 12.0. The van der Waals surface area contributed by atoms with Gasteiger partial charge in [-0.3, -0.25) is 4.79 Å². The van der Waals surface area contributed by atoms with Gasteiger partial charge in [-0.1, -0.05) is 41.9 Å². The third-order valence-corrected chi connectivity index (χ3v) is 3.97. The van der Waals surface area contributed by atoms with E-state index < -0.39 is 0 Å².